The van der Waals surface area contributed by atoms with Crippen LogP contribution in [0.4, 0.5) is 4.39 Å². The maximum absolute atomic E-state index is 13.7. The number of hydrogen-bond donors (Lipinski definition) is 1. The van der Waals surface area contributed by atoms with Crippen molar-refractivity contribution in [2.45, 2.75) is 13.0 Å². The molecule has 0 saturated carbocycles. The van der Waals surface area contributed by atoms with Gasteiger partial charge >= 0.3 is 5.97 Å². The number of ether oxygens (including phenoxy) is 2. The van der Waals surface area contributed by atoms with Crippen molar-refractivity contribution in [2.75, 3.05) is 26.9 Å². The summed E-state index contributed by atoms with van der Waals surface area (Å²) in [7, 11) is 1.56. The van der Waals surface area contributed by atoms with Gasteiger partial charge in [-0.3, -0.25) is 5.32 Å². The fourth-order valence-corrected chi connectivity index (χ4v) is 1.56. The third-order valence-electron chi connectivity index (χ3n) is 2.39. The van der Waals surface area contributed by atoms with E-state index >= 15 is 0 Å². The van der Waals surface area contributed by atoms with Crippen molar-refractivity contribution in [1.29, 1.82) is 0 Å². The maximum Gasteiger partial charge on any atom is 0.327 e. The molecule has 0 aromatic heterocycles. The zero-order valence-corrected chi connectivity index (χ0v) is 10.6. The molecule has 0 aliphatic carbocycles. The molecule has 0 amide bonds. The van der Waals surface area contributed by atoms with Crippen LogP contribution in [-0.2, 0) is 14.3 Å². The van der Waals surface area contributed by atoms with Gasteiger partial charge in [0.25, 0.3) is 0 Å². The molecular weight excluding hydrogens is 237 g/mol. The number of methoxy groups -OCH3 is 1. The summed E-state index contributed by atoms with van der Waals surface area (Å²) in [5.74, 6) is -0.917. The Morgan fingerprint density at radius 1 is 1.44 bits per heavy atom. The minimum Gasteiger partial charge on any atom is -0.465 e. The second-order valence-corrected chi connectivity index (χ2v) is 3.65. The summed E-state index contributed by atoms with van der Waals surface area (Å²) in [6.07, 6.45) is 0. The summed E-state index contributed by atoms with van der Waals surface area (Å²) in [6.45, 7) is 2.85. The van der Waals surface area contributed by atoms with Gasteiger partial charge < -0.3 is 9.47 Å². The summed E-state index contributed by atoms with van der Waals surface area (Å²) in [5.41, 5.74) is 0.284. The molecule has 100 valence electrons. The average Bonchev–Trinajstić information content (AvgIpc) is 2.36. The van der Waals surface area contributed by atoms with Crippen molar-refractivity contribution in [1.82, 2.24) is 5.32 Å². The Hall–Kier alpha value is -1.46. The van der Waals surface area contributed by atoms with Gasteiger partial charge in [0.15, 0.2) is 0 Å². The Bertz CT molecular complexity index is 384. The molecule has 5 heteroatoms. The fraction of sp³-hybridized carbons (Fsp3) is 0.462. The van der Waals surface area contributed by atoms with Crippen LogP contribution in [-0.4, -0.2) is 32.8 Å². The van der Waals surface area contributed by atoms with Gasteiger partial charge in [0.05, 0.1) is 13.2 Å². The Morgan fingerprint density at radius 2 is 2.17 bits per heavy atom. The number of hydrogen-bond acceptors (Lipinski definition) is 4. The van der Waals surface area contributed by atoms with Crippen LogP contribution >= 0.6 is 0 Å². The summed E-state index contributed by atoms with van der Waals surface area (Å²) < 4.78 is 23.5. The van der Waals surface area contributed by atoms with Crippen LogP contribution in [0.5, 0.6) is 0 Å². The zero-order valence-electron chi connectivity index (χ0n) is 10.6. The highest BCUT2D eigenvalue weighted by atomic mass is 19.1. The molecule has 1 unspecified atom stereocenters. The van der Waals surface area contributed by atoms with Gasteiger partial charge in [-0.25, -0.2) is 9.18 Å². The lowest BCUT2D eigenvalue weighted by Gasteiger charge is -2.18. The molecule has 0 spiro atoms. The largest absolute Gasteiger partial charge is 0.465 e. The average molecular weight is 255 g/mol. The van der Waals surface area contributed by atoms with Crippen LogP contribution in [0, 0.1) is 5.82 Å². The van der Waals surface area contributed by atoms with E-state index in [9.17, 15) is 9.18 Å². The Balaban J connectivity index is 2.82. The van der Waals surface area contributed by atoms with E-state index in [1.807, 2.05) is 0 Å². The van der Waals surface area contributed by atoms with E-state index in [0.717, 1.165) is 0 Å². The molecule has 0 saturated heterocycles. The first-order valence-corrected chi connectivity index (χ1v) is 5.84. The molecular formula is C13H18FNO3. The van der Waals surface area contributed by atoms with Crippen molar-refractivity contribution in [3.63, 3.8) is 0 Å². The quantitative estimate of drug-likeness (QED) is 0.594. The van der Waals surface area contributed by atoms with E-state index in [0.29, 0.717) is 13.2 Å². The summed E-state index contributed by atoms with van der Waals surface area (Å²) in [6, 6.07) is 5.34. The molecule has 0 fully saturated rings. The van der Waals surface area contributed by atoms with E-state index in [1.165, 1.54) is 6.07 Å². The molecule has 0 radical (unpaired) electrons. The molecule has 0 aliphatic heterocycles. The standard InChI is InChI=1S/C13H18FNO3/c1-3-18-13(16)12(15-8-9-17-2)10-6-4-5-7-11(10)14/h4-7,12,15H,3,8-9H2,1-2H3. The van der Waals surface area contributed by atoms with Crippen LogP contribution < -0.4 is 5.32 Å². The Labute approximate surface area is 106 Å². The Morgan fingerprint density at radius 3 is 2.78 bits per heavy atom. The maximum atomic E-state index is 13.7. The molecule has 4 nitrogen and oxygen atoms in total. The highest BCUT2D eigenvalue weighted by Crippen LogP contribution is 2.18. The third-order valence-corrected chi connectivity index (χ3v) is 2.39. The number of benzene rings is 1. The SMILES string of the molecule is CCOC(=O)C(NCCOC)c1ccccc1F. The zero-order chi connectivity index (χ0) is 13.4. The minimum atomic E-state index is -0.804. The number of carbonyl (C=O) groups excluding carboxylic acids is 1. The predicted molar refractivity (Wildman–Crippen MR) is 65.7 cm³/mol. The first-order chi connectivity index (χ1) is 8.70. The number of halogens is 1. The lowest BCUT2D eigenvalue weighted by molar-refractivity contribution is -0.146. The summed E-state index contributed by atoms with van der Waals surface area (Å²) in [5, 5.41) is 2.92. The van der Waals surface area contributed by atoms with E-state index in [4.69, 9.17) is 9.47 Å². The number of rotatable bonds is 7. The smallest absolute Gasteiger partial charge is 0.327 e. The topological polar surface area (TPSA) is 47.6 Å². The Kier molecular flexibility index (Phi) is 6.32. The monoisotopic (exact) mass is 255 g/mol. The van der Waals surface area contributed by atoms with E-state index < -0.39 is 17.8 Å². The molecule has 1 rings (SSSR count). The van der Waals surface area contributed by atoms with Gasteiger partial charge in [-0.2, -0.15) is 0 Å². The van der Waals surface area contributed by atoms with Crippen LogP contribution in [0.3, 0.4) is 0 Å². The van der Waals surface area contributed by atoms with Crippen LogP contribution in [0.25, 0.3) is 0 Å². The molecule has 0 bridgehead atoms. The van der Waals surface area contributed by atoms with Crippen molar-refractivity contribution in [3.05, 3.63) is 35.6 Å². The van der Waals surface area contributed by atoms with Gasteiger partial charge in [0, 0.05) is 19.2 Å². The van der Waals surface area contributed by atoms with E-state index in [1.54, 1.807) is 32.2 Å². The highest BCUT2D eigenvalue weighted by molar-refractivity contribution is 5.77. The number of nitrogens with one attached hydrogen (secondary N) is 1. The van der Waals surface area contributed by atoms with Gasteiger partial charge in [-0.05, 0) is 13.0 Å². The predicted octanol–water partition coefficient (Wildman–Crippen LogP) is 1.67. The lowest BCUT2D eigenvalue weighted by atomic mass is 10.1. The lowest BCUT2D eigenvalue weighted by Crippen LogP contribution is -2.33. The third kappa shape index (κ3) is 4.09. The molecule has 1 aromatic carbocycles. The normalized spacial score (nSPS) is 12.2. The van der Waals surface area contributed by atoms with Crippen molar-refractivity contribution in [2.24, 2.45) is 0 Å². The highest BCUT2D eigenvalue weighted by Gasteiger charge is 2.23. The fourth-order valence-electron chi connectivity index (χ4n) is 1.56. The van der Waals surface area contributed by atoms with Crippen LogP contribution in [0.2, 0.25) is 0 Å². The van der Waals surface area contributed by atoms with E-state index in [2.05, 4.69) is 5.32 Å². The van der Waals surface area contributed by atoms with Gasteiger partial charge in [-0.15, -0.1) is 0 Å². The summed E-state index contributed by atoms with van der Waals surface area (Å²) >= 11 is 0. The molecule has 0 heterocycles. The molecule has 1 atom stereocenters. The van der Waals surface area contributed by atoms with Crippen LogP contribution in [0.15, 0.2) is 24.3 Å². The van der Waals surface area contributed by atoms with Crippen molar-refractivity contribution in [3.8, 4) is 0 Å². The molecule has 18 heavy (non-hydrogen) atoms. The van der Waals surface area contributed by atoms with Crippen molar-refractivity contribution < 1.29 is 18.7 Å². The first kappa shape index (κ1) is 14.6. The second-order valence-electron chi connectivity index (χ2n) is 3.65. The van der Waals surface area contributed by atoms with Gasteiger partial charge in [0.2, 0.25) is 0 Å². The number of esters is 1. The molecule has 1 N–H and O–H groups in total. The van der Waals surface area contributed by atoms with Gasteiger partial charge in [0.1, 0.15) is 11.9 Å². The summed E-state index contributed by atoms with van der Waals surface area (Å²) in [4.78, 5) is 11.8. The van der Waals surface area contributed by atoms with E-state index in [-0.39, 0.29) is 12.2 Å². The minimum absolute atomic E-state index is 0.260. The van der Waals surface area contributed by atoms with Crippen LogP contribution in [0.1, 0.15) is 18.5 Å². The van der Waals surface area contributed by atoms with Gasteiger partial charge in [-0.1, -0.05) is 18.2 Å². The number of carbonyl (C=O) groups is 1. The molecule has 1 aromatic rings. The molecule has 0 aliphatic rings. The second kappa shape index (κ2) is 7.79. The first-order valence-electron chi connectivity index (χ1n) is 5.84. The van der Waals surface area contributed by atoms with Crippen molar-refractivity contribution >= 4 is 5.97 Å².